The highest BCUT2D eigenvalue weighted by Gasteiger charge is 2.10. The average Bonchev–Trinajstić information content (AvgIpc) is 3.15. The molecule has 0 aliphatic rings. The van der Waals surface area contributed by atoms with Crippen molar-refractivity contribution >= 4 is 23.2 Å². The van der Waals surface area contributed by atoms with Crippen molar-refractivity contribution in [3.05, 3.63) is 97.9 Å². The van der Waals surface area contributed by atoms with Crippen molar-refractivity contribution in [1.82, 2.24) is 15.0 Å². The first-order valence-corrected chi connectivity index (χ1v) is 8.03. The van der Waals surface area contributed by atoms with E-state index in [9.17, 15) is 25.0 Å². The van der Waals surface area contributed by atoms with Gasteiger partial charge in [0.15, 0.2) is 5.69 Å². The van der Waals surface area contributed by atoms with Crippen LogP contribution in [0.4, 0.5) is 11.4 Å². The Balaban J connectivity index is 1.67. The number of nitro groups is 2. The van der Waals surface area contributed by atoms with Crippen LogP contribution in [0.1, 0.15) is 21.6 Å². The molecule has 28 heavy (non-hydrogen) atoms. The van der Waals surface area contributed by atoms with Gasteiger partial charge in [0.2, 0.25) is 5.78 Å². The summed E-state index contributed by atoms with van der Waals surface area (Å²) in [6.45, 7) is 0.230. The van der Waals surface area contributed by atoms with E-state index in [4.69, 9.17) is 0 Å². The van der Waals surface area contributed by atoms with Crippen LogP contribution in [0.3, 0.4) is 0 Å². The fourth-order valence-electron chi connectivity index (χ4n) is 2.41. The van der Waals surface area contributed by atoms with Gasteiger partial charge in [-0.1, -0.05) is 23.4 Å². The highest BCUT2D eigenvalue weighted by atomic mass is 16.6. The molecule has 2 aromatic carbocycles. The lowest BCUT2D eigenvalue weighted by Crippen LogP contribution is -2.01. The van der Waals surface area contributed by atoms with Crippen LogP contribution < -0.4 is 0 Å². The summed E-state index contributed by atoms with van der Waals surface area (Å²) in [5.41, 5.74) is 1.33. The largest absolute Gasteiger partial charge is 0.287 e. The van der Waals surface area contributed by atoms with E-state index in [1.807, 2.05) is 0 Å². The number of ketones is 1. The molecule has 0 aliphatic heterocycles. The molecule has 0 fully saturated rings. The number of carbonyl (C=O) groups is 1. The van der Waals surface area contributed by atoms with E-state index in [2.05, 4.69) is 10.3 Å². The molecule has 1 heterocycles. The molecule has 1 aromatic heterocycles. The SMILES string of the molecule is O=C(C=Cc1ccc([N+](=O)[O-])cc1)c1cn(Cc2cccc([N+](=O)[O-])c2)nn1. The number of aromatic nitrogens is 3. The first-order valence-electron chi connectivity index (χ1n) is 8.03. The molecule has 3 rings (SSSR count). The van der Waals surface area contributed by atoms with Gasteiger partial charge in [0.1, 0.15) is 0 Å². The quantitative estimate of drug-likeness (QED) is 0.266. The van der Waals surface area contributed by atoms with Crippen LogP contribution in [-0.2, 0) is 6.54 Å². The molecule has 0 saturated carbocycles. The molecular formula is C18H13N5O5. The van der Waals surface area contributed by atoms with E-state index >= 15 is 0 Å². The molecule has 0 saturated heterocycles. The van der Waals surface area contributed by atoms with Crippen molar-refractivity contribution in [1.29, 1.82) is 0 Å². The van der Waals surface area contributed by atoms with Crippen LogP contribution in [0.5, 0.6) is 0 Å². The van der Waals surface area contributed by atoms with Crippen LogP contribution in [0.15, 0.2) is 60.8 Å². The summed E-state index contributed by atoms with van der Waals surface area (Å²) in [5.74, 6) is -0.386. The van der Waals surface area contributed by atoms with Gasteiger partial charge in [0.25, 0.3) is 11.4 Å². The minimum atomic E-state index is -0.502. The summed E-state index contributed by atoms with van der Waals surface area (Å²) in [7, 11) is 0. The van der Waals surface area contributed by atoms with E-state index < -0.39 is 9.85 Å². The number of benzene rings is 2. The average molecular weight is 379 g/mol. The van der Waals surface area contributed by atoms with Gasteiger partial charge in [-0.25, -0.2) is 4.68 Å². The van der Waals surface area contributed by atoms with E-state index in [0.717, 1.165) is 0 Å². The van der Waals surface area contributed by atoms with Crippen LogP contribution in [0, 0.1) is 20.2 Å². The molecular weight excluding hydrogens is 366 g/mol. The Morgan fingerprint density at radius 3 is 2.43 bits per heavy atom. The molecule has 0 amide bonds. The van der Waals surface area contributed by atoms with Gasteiger partial charge in [-0.05, 0) is 29.3 Å². The molecule has 0 atom stereocenters. The third-order valence-electron chi connectivity index (χ3n) is 3.79. The number of carbonyl (C=O) groups excluding carboxylic acids is 1. The molecule has 0 spiro atoms. The van der Waals surface area contributed by atoms with Crippen molar-refractivity contribution in [3.8, 4) is 0 Å². The Hall–Kier alpha value is -4.21. The van der Waals surface area contributed by atoms with Gasteiger partial charge in [-0.3, -0.25) is 25.0 Å². The molecule has 3 aromatic rings. The minimum absolute atomic E-state index is 0.0278. The summed E-state index contributed by atoms with van der Waals surface area (Å²) in [5, 5.41) is 29.1. The van der Waals surface area contributed by atoms with E-state index in [1.165, 1.54) is 59.4 Å². The highest BCUT2D eigenvalue weighted by Crippen LogP contribution is 2.15. The maximum Gasteiger partial charge on any atom is 0.269 e. The molecule has 10 heteroatoms. The Bertz CT molecular complexity index is 1070. The second-order valence-electron chi connectivity index (χ2n) is 5.77. The van der Waals surface area contributed by atoms with Crippen LogP contribution in [0.25, 0.3) is 6.08 Å². The zero-order chi connectivity index (χ0) is 20.1. The molecule has 10 nitrogen and oxygen atoms in total. The smallest absolute Gasteiger partial charge is 0.269 e. The minimum Gasteiger partial charge on any atom is -0.287 e. The molecule has 0 bridgehead atoms. The standard InChI is InChI=1S/C18H13N5O5/c24-18(9-6-13-4-7-15(8-5-13)22(25)26)17-12-21(20-19-17)11-14-2-1-3-16(10-14)23(27)28/h1-10,12H,11H2. The lowest BCUT2D eigenvalue weighted by Gasteiger charge is -2.00. The number of non-ortho nitro benzene ring substituents is 2. The summed E-state index contributed by atoms with van der Waals surface area (Å²) < 4.78 is 1.41. The number of allylic oxidation sites excluding steroid dienone is 1. The van der Waals surface area contributed by atoms with Crippen LogP contribution >= 0.6 is 0 Å². The van der Waals surface area contributed by atoms with Gasteiger partial charge < -0.3 is 0 Å². The van der Waals surface area contributed by atoms with Gasteiger partial charge in [0.05, 0.1) is 22.6 Å². The number of rotatable bonds is 7. The number of nitrogens with zero attached hydrogens (tertiary/aromatic N) is 5. The normalized spacial score (nSPS) is 10.9. The van der Waals surface area contributed by atoms with E-state index in [1.54, 1.807) is 12.1 Å². The predicted octanol–water partition coefficient (Wildman–Crippen LogP) is 3.04. The highest BCUT2D eigenvalue weighted by molar-refractivity contribution is 6.05. The Morgan fingerprint density at radius 1 is 1.04 bits per heavy atom. The third kappa shape index (κ3) is 4.49. The van der Waals surface area contributed by atoms with Gasteiger partial charge in [-0.15, -0.1) is 5.10 Å². The van der Waals surface area contributed by atoms with Crippen molar-refractivity contribution in [2.45, 2.75) is 6.54 Å². The van der Waals surface area contributed by atoms with Crippen molar-refractivity contribution in [2.75, 3.05) is 0 Å². The van der Waals surface area contributed by atoms with E-state index in [0.29, 0.717) is 11.1 Å². The van der Waals surface area contributed by atoms with Crippen molar-refractivity contribution in [2.24, 2.45) is 0 Å². The molecule has 0 aliphatic carbocycles. The number of hydrogen-bond acceptors (Lipinski definition) is 7. The summed E-state index contributed by atoms with van der Waals surface area (Å²) >= 11 is 0. The van der Waals surface area contributed by atoms with Gasteiger partial charge >= 0.3 is 0 Å². The number of hydrogen-bond donors (Lipinski definition) is 0. The fraction of sp³-hybridized carbons (Fsp3) is 0.0556. The molecule has 0 unspecified atom stereocenters. The fourth-order valence-corrected chi connectivity index (χ4v) is 2.41. The van der Waals surface area contributed by atoms with Crippen LogP contribution in [0.2, 0.25) is 0 Å². The monoisotopic (exact) mass is 379 g/mol. The maximum atomic E-state index is 12.2. The zero-order valence-electron chi connectivity index (χ0n) is 14.3. The predicted molar refractivity (Wildman–Crippen MR) is 98.7 cm³/mol. The second kappa shape index (κ2) is 7.99. The van der Waals surface area contributed by atoms with Gasteiger partial charge in [0, 0.05) is 24.3 Å². The van der Waals surface area contributed by atoms with Crippen LogP contribution in [-0.4, -0.2) is 30.6 Å². The zero-order valence-corrected chi connectivity index (χ0v) is 14.3. The first kappa shape index (κ1) is 18.6. The van der Waals surface area contributed by atoms with Gasteiger partial charge in [-0.2, -0.15) is 0 Å². The summed E-state index contributed by atoms with van der Waals surface area (Å²) in [6.07, 6.45) is 4.26. The van der Waals surface area contributed by atoms with E-state index in [-0.39, 0.29) is 29.4 Å². The molecule has 140 valence electrons. The molecule has 0 N–H and O–H groups in total. The lowest BCUT2D eigenvalue weighted by atomic mass is 10.1. The summed E-state index contributed by atoms with van der Waals surface area (Å²) in [6, 6.07) is 11.9. The first-order chi connectivity index (χ1) is 13.4. The number of nitro benzene ring substituents is 2. The van der Waals surface area contributed by atoms with Crippen molar-refractivity contribution < 1.29 is 14.6 Å². The Morgan fingerprint density at radius 2 is 1.75 bits per heavy atom. The maximum absolute atomic E-state index is 12.2. The lowest BCUT2D eigenvalue weighted by molar-refractivity contribution is -0.385. The summed E-state index contributed by atoms with van der Waals surface area (Å²) in [4.78, 5) is 32.7. The molecule has 0 radical (unpaired) electrons. The Kier molecular flexibility index (Phi) is 5.30. The second-order valence-corrected chi connectivity index (χ2v) is 5.77. The topological polar surface area (TPSA) is 134 Å². The third-order valence-corrected chi connectivity index (χ3v) is 3.79. The Labute approximate surface area is 158 Å². The van der Waals surface area contributed by atoms with Crippen molar-refractivity contribution in [3.63, 3.8) is 0 Å².